The van der Waals surface area contributed by atoms with Crippen molar-refractivity contribution in [2.24, 2.45) is 7.05 Å². The van der Waals surface area contributed by atoms with E-state index in [1.807, 2.05) is 25.6 Å². The lowest BCUT2D eigenvalue weighted by Gasteiger charge is -2.43. The zero-order chi connectivity index (χ0) is 15.1. The summed E-state index contributed by atoms with van der Waals surface area (Å²) in [6.45, 7) is 9.58. The summed E-state index contributed by atoms with van der Waals surface area (Å²) in [5.74, 6) is 1.21. The molecule has 0 amide bonds. The van der Waals surface area contributed by atoms with Crippen molar-refractivity contribution in [1.82, 2.24) is 9.78 Å². The molecule has 6 heteroatoms. The minimum absolute atomic E-state index is 0.00865. The molecule has 6 nitrogen and oxygen atoms in total. The minimum atomic E-state index is -0.319. The standard InChI is InChI=1S/C14H26N4O2/c1-9(2)12-11(15)13(17(5)16-12)18-6-10(7-19)20-14(3,4)8-18/h9-10,19H,6-8,15H2,1-5H3. The van der Waals surface area contributed by atoms with Crippen molar-refractivity contribution < 1.29 is 9.84 Å². The number of rotatable bonds is 3. The third-order valence-electron chi connectivity index (χ3n) is 3.61. The van der Waals surface area contributed by atoms with Crippen LogP contribution in [0.15, 0.2) is 0 Å². The summed E-state index contributed by atoms with van der Waals surface area (Å²) in [6.07, 6.45) is -0.199. The number of aryl methyl sites for hydroxylation is 1. The van der Waals surface area contributed by atoms with E-state index in [2.05, 4.69) is 23.8 Å². The van der Waals surface area contributed by atoms with Crippen LogP contribution in [0.2, 0.25) is 0 Å². The lowest BCUT2D eigenvalue weighted by Crippen LogP contribution is -2.54. The van der Waals surface area contributed by atoms with Gasteiger partial charge in [-0.3, -0.25) is 4.68 Å². The SMILES string of the molecule is CC(C)c1nn(C)c(N2CC(CO)OC(C)(C)C2)c1N. The second kappa shape index (κ2) is 5.26. The predicted molar refractivity (Wildman–Crippen MR) is 80.0 cm³/mol. The number of nitrogens with zero attached hydrogens (tertiary/aromatic N) is 3. The van der Waals surface area contributed by atoms with Crippen LogP contribution < -0.4 is 10.6 Å². The van der Waals surface area contributed by atoms with Gasteiger partial charge in [0.25, 0.3) is 0 Å². The molecule has 3 N–H and O–H groups in total. The highest BCUT2D eigenvalue weighted by Gasteiger charge is 2.35. The Morgan fingerprint density at radius 3 is 2.65 bits per heavy atom. The van der Waals surface area contributed by atoms with Gasteiger partial charge in [0.05, 0.1) is 29.7 Å². The highest BCUT2D eigenvalue weighted by Crippen LogP contribution is 2.34. The maximum absolute atomic E-state index is 9.41. The highest BCUT2D eigenvalue weighted by atomic mass is 16.5. The summed E-state index contributed by atoms with van der Waals surface area (Å²) >= 11 is 0. The third-order valence-corrected chi connectivity index (χ3v) is 3.61. The number of aromatic nitrogens is 2. The molecule has 1 unspecified atom stereocenters. The maximum atomic E-state index is 9.41. The van der Waals surface area contributed by atoms with Crippen LogP contribution in [0.3, 0.4) is 0 Å². The molecular weight excluding hydrogens is 256 g/mol. The quantitative estimate of drug-likeness (QED) is 0.868. The van der Waals surface area contributed by atoms with Crippen molar-refractivity contribution in [1.29, 1.82) is 0 Å². The summed E-state index contributed by atoms with van der Waals surface area (Å²) in [5, 5.41) is 13.9. The Morgan fingerprint density at radius 2 is 2.15 bits per heavy atom. The average molecular weight is 282 g/mol. The summed E-state index contributed by atoms with van der Waals surface area (Å²) in [6, 6.07) is 0. The van der Waals surface area contributed by atoms with Gasteiger partial charge in [-0.05, 0) is 19.8 Å². The minimum Gasteiger partial charge on any atom is -0.394 e. The van der Waals surface area contributed by atoms with Crippen LogP contribution in [0, 0.1) is 0 Å². The van der Waals surface area contributed by atoms with Gasteiger partial charge >= 0.3 is 0 Å². The third kappa shape index (κ3) is 2.76. The molecule has 1 atom stereocenters. The van der Waals surface area contributed by atoms with Crippen molar-refractivity contribution in [3.63, 3.8) is 0 Å². The number of aliphatic hydroxyl groups is 1. The highest BCUT2D eigenvalue weighted by molar-refractivity contribution is 5.67. The Bertz CT molecular complexity index is 482. The van der Waals surface area contributed by atoms with Crippen LogP contribution in [-0.4, -0.2) is 46.3 Å². The van der Waals surface area contributed by atoms with Gasteiger partial charge in [-0.2, -0.15) is 5.10 Å². The summed E-state index contributed by atoms with van der Waals surface area (Å²) in [4.78, 5) is 2.17. The topological polar surface area (TPSA) is 76.5 Å². The molecule has 0 aliphatic carbocycles. The van der Waals surface area contributed by atoms with Gasteiger partial charge in [-0.15, -0.1) is 0 Å². The van der Waals surface area contributed by atoms with Crippen molar-refractivity contribution in [3.05, 3.63) is 5.69 Å². The number of anilines is 2. The zero-order valence-corrected chi connectivity index (χ0v) is 13.1. The van der Waals surface area contributed by atoms with Gasteiger partial charge in [0.15, 0.2) is 5.82 Å². The molecule has 114 valence electrons. The molecule has 1 aromatic rings. The van der Waals surface area contributed by atoms with Crippen molar-refractivity contribution in [3.8, 4) is 0 Å². The van der Waals surface area contributed by atoms with E-state index < -0.39 is 0 Å². The van der Waals surface area contributed by atoms with Crippen LogP contribution in [0.25, 0.3) is 0 Å². The van der Waals surface area contributed by atoms with Gasteiger partial charge in [-0.25, -0.2) is 0 Å². The van der Waals surface area contributed by atoms with Gasteiger partial charge in [-0.1, -0.05) is 13.8 Å². The molecule has 1 aliphatic rings. The number of ether oxygens (including phenoxy) is 1. The number of aliphatic hydroxyl groups excluding tert-OH is 1. The number of nitrogens with two attached hydrogens (primary N) is 1. The first-order chi connectivity index (χ1) is 9.25. The van der Waals surface area contributed by atoms with E-state index in [9.17, 15) is 5.11 Å². The van der Waals surface area contributed by atoms with Crippen molar-refractivity contribution in [2.75, 3.05) is 30.3 Å². The average Bonchev–Trinajstić information content (AvgIpc) is 2.62. The first kappa shape index (κ1) is 15.1. The van der Waals surface area contributed by atoms with E-state index in [-0.39, 0.29) is 24.2 Å². The fourth-order valence-electron chi connectivity index (χ4n) is 2.91. The van der Waals surface area contributed by atoms with E-state index >= 15 is 0 Å². The molecule has 0 bridgehead atoms. The molecule has 0 radical (unpaired) electrons. The Hall–Kier alpha value is -1.27. The number of morpholine rings is 1. The van der Waals surface area contributed by atoms with Gasteiger partial charge in [0.2, 0.25) is 0 Å². The fourth-order valence-corrected chi connectivity index (χ4v) is 2.91. The zero-order valence-electron chi connectivity index (χ0n) is 13.1. The second-order valence-corrected chi connectivity index (χ2v) is 6.46. The monoisotopic (exact) mass is 282 g/mol. The summed E-state index contributed by atoms with van der Waals surface area (Å²) in [5.41, 5.74) is 7.62. The summed E-state index contributed by atoms with van der Waals surface area (Å²) in [7, 11) is 1.91. The van der Waals surface area contributed by atoms with Gasteiger partial charge < -0.3 is 20.5 Å². The molecule has 1 aromatic heterocycles. The normalized spacial score (nSPS) is 22.6. The van der Waals surface area contributed by atoms with Crippen LogP contribution in [-0.2, 0) is 11.8 Å². The smallest absolute Gasteiger partial charge is 0.150 e. The van der Waals surface area contributed by atoms with E-state index in [4.69, 9.17) is 10.5 Å². The first-order valence-corrected chi connectivity index (χ1v) is 7.11. The Labute approximate surface area is 120 Å². The van der Waals surface area contributed by atoms with Crippen LogP contribution >= 0.6 is 0 Å². The number of hydrogen-bond acceptors (Lipinski definition) is 5. The van der Waals surface area contributed by atoms with Crippen molar-refractivity contribution in [2.45, 2.75) is 45.3 Å². The van der Waals surface area contributed by atoms with Gasteiger partial charge in [0.1, 0.15) is 0 Å². The molecule has 0 spiro atoms. The molecule has 1 saturated heterocycles. The largest absolute Gasteiger partial charge is 0.394 e. The molecule has 2 heterocycles. The molecule has 20 heavy (non-hydrogen) atoms. The Kier molecular flexibility index (Phi) is 3.97. The molecule has 0 aromatic carbocycles. The first-order valence-electron chi connectivity index (χ1n) is 7.11. The number of nitrogen functional groups attached to an aromatic ring is 1. The molecular formula is C14H26N4O2. The predicted octanol–water partition coefficient (Wildman–Crippen LogP) is 1.10. The molecule has 0 saturated carbocycles. The molecule has 2 rings (SSSR count). The van der Waals surface area contributed by atoms with Crippen LogP contribution in [0.1, 0.15) is 39.3 Å². The van der Waals surface area contributed by atoms with Crippen LogP contribution in [0.5, 0.6) is 0 Å². The number of hydrogen-bond donors (Lipinski definition) is 2. The van der Waals surface area contributed by atoms with E-state index in [0.717, 1.165) is 23.7 Å². The second-order valence-electron chi connectivity index (χ2n) is 6.46. The van der Waals surface area contributed by atoms with E-state index in [1.54, 1.807) is 0 Å². The molecule has 1 fully saturated rings. The summed E-state index contributed by atoms with van der Waals surface area (Å²) < 4.78 is 7.68. The van der Waals surface area contributed by atoms with Crippen molar-refractivity contribution >= 4 is 11.5 Å². The van der Waals surface area contributed by atoms with E-state index in [1.165, 1.54) is 0 Å². The fraction of sp³-hybridized carbons (Fsp3) is 0.786. The molecule has 1 aliphatic heterocycles. The lowest BCUT2D eigenvalue weighted by atomic mass is 10.0. The Balaban J connectivity index is 2.35. The lowest BCUT2D eigenvalue weighted by molar-refractivity contribution is -0.101. The van der Waals surface area contributed by atoms with Crippen LogP contribution in [0.4, 0.5) is 11.5 Å². The van der Waals surface area contributed by atoms with Gasteiger partial charge in [0, 0.05) is 20.1 Å². The van der Waals surface area contributed by atoms with E-state index in [0.29, 0.717) is 6.54 Å². The maximum Gasteiger partial charge on any atom is 0.150 e. The Morgan fingerprint density at radius 1 is 1.50 bits per heavy atom.